The van der Waals surface area contributed by atoms with E-state index >= 15 is 0 Å². The van der Waals surface area contributed by atoms with Gasteiger partial charge in [-0.1, -0.05) is 19.3 Å². The Morgan fingerprint density at radius 3 is 2.43 bits per heavy atom. The van der Waals surface area contributed by atoms with Crippen molar-refractivity contribution in [2.45, 2.75) is 64.0 Å². The molecular formula is C12H25NO. The summed E-state index contributed by atoms with van der Waals surface area (Å²) < 4.78 is 5.23. The van der Waals surface area contributed by atoms with Crippen LogP contribution in [0.25, 0.3) is 0 Å². The predicted octanol–water partition coefficient (Wildman–Crippen LogP) is 2.71. The number of hydrogen-bond donors (Lipinski definition) is 1. The van der Waals surface area contributed by atoms with Gasteiger partial charge in [0.15, 0.2) is 0 Å². The van der Waals surface area contributed by atoms with E-state index in [1.807, 2.05) is 0 Å². The summed E-state index contributed by atoms with van der Waals surface area (Å²) >= 11 is 0. The average molecular weight is 199 g/mol. The molecule has 1 aliphatic rings. The van der Waals surface area contributed by atoms with E-state index in [0.29, 0.717) is 12.1 Å². The van der Waals surface area contributed by atoms with Gasteiger partial charge in [0.1, 0.15) is 0 Å². The summed E-state index contributed by atoms with van der Waals surface area (Å²) in [7, 11) is 1.77. The van der Waals surface area contributed by atoms with Crippen LogP contribution >= 0.6 is 0 Å². The molecule has 2 atom stereocenters. The molecule has 0 spiro atoms. The highest BCUT2D eigenvalue weighted by atomic mass is 16.5. The first-order valence-electron chi connectivity index (χ1n) is 6.02. The standard InChI is InChI=1S/C12H25NO/c1-10(14-2)8-9-12(13)11-6-4-3-5-7-11/h10-12H,3-9,13H2,1-2H3. The van der Waals surface area contributed by atoms with Crippen LogP contribution in [-0.4, -0.2) is 19.3 Å². The predicted molar refractivity (Wildman–Crippen MR) is 60.3 cm³/mol. The smallest absolute Gasteiger partial charge is 0.0543 e. The van der Waals surface area contributed by atoms with Crippen LogP contribution in [0.15, 0.2) is 0 Å². The van der Waals surface area contributed by atoms with E-state index in [0.717, 1.165) is 18.8 Å². The highest BCUT2D eigenvalue weighted by Gasteiger charge is 2.20. The van der Waals surface area contributed by atoms with Gasteiger partial charge in [-0.15, -0.1) is 0 Å². The number of methoxy groups -OCH3 is 1. The third-order valence-corrected chi connectivity index (χ3v) is 3.56. The van der Waals surface area contributed by atoms with Crippen LogP contribution in [0.2, 0.25) is 0 Å². The van der Waals surface area contributed by atoms with E-state index in [-0.39, 0.29) is 0 Å². The zero-order valence-electron chi connectivity index (χ0n) is 9.67. The van der Waals surface area contributed by atoms with Crippen molar-refractivity contribution in [3.05, 3.63) is 0 Å². The lowest BCUT2D eigenvalue weighted by Crippen LogP contribution is -2.32. The van der Waals surface area contributed by atoms with Crippen LogP contribution in [0, 0.1) is 5.92 Å². The van der Waals surface area contributed by atoms with E-state index in [1.54, 1.807) is 7.11 Å². The summed E-state index contributed by atoms with van der Waals surface area (Å²) in [6, 6.07) is 0.410. The minimum Gasteiger partial charge on any atom is -0.382 e. The van der Waals surface area contributed by atoms with Gasteiger partial charge in [0.2, 0.25) is 0 Å². The van der Waals surface area contributed by atoms with Crippen LogP contribution in [0.4, 0.5) is 0 Å². The summed E-state index contributed by atoms with van der Waals surface area (Å²) in [6.45, 7) is 2.12. The Labute approximate surface area is 88.2 Å². The zero-order chi connectivity index (χ0) is 10.4. The molecule has 84 valence electrons. The van der Waals surface area contributed by atoms with Crippen molar-refractivity contribution >= 4 is 0 Å². The van der Waals surface area contributed by atoms with Gasteiger partial charge in [-0.3, -0.25) is 0 Å². The molecule has 0 bridgehead atoms. The van der Waals surface area contributed by atoms with Crippen molar-refractivity contribution in [2.24, 2.45) is 11.7 Å². The van der Waals surface area contributed by atoms with Crippen molar-refractivity contribution in [2.75, 3.05) is 7.11 Å². The second kappa shape index (κ2) is 6.41. The molecule has 0 aliphatic heterocycles. The highest BCUT2D eigenvalue weighted by molar-refractivity contribution is 4.76. The molecule has 0 aromatic heterocycles. The second-order valence-corrected chi connectivity index (χ2v) is 4.69. The molecular weight excluding hydrogens is 174 g/mol. The van der Waals surface area contributed by atoms with E-state index in [4.69, 9.17) is 10.5 Å². The van der Waals surface area contributed by atoms with Gasteiger partial charge >= 0.3 is 0 Å². The molecule has 14 heavy (non-hydrogen) atoms. The molecule has 0 aromatic rings. The lowest BCUT2D eigenvalue weighted by Gasteiger charge is -2.28. The molecule has 0 saturated heterocycles. The quantitative estimate of drug-likeness (QED) is 0.739. The van der Waals surface area contributed by atoms with Crippen molar-refractivity contribution in [3.8, 4) is 0 Å². The zero-order valence-corrected chi connectivity index (χ0v) is 9.67. The normalized spacial score (nSPS) is 23.4. The molecule has 2 heteroatoms. The van der Waals surface area contributed by atoms with Crippen molar-refractivity contribution in [3.63, 3.8) is 0 Å². The van der Waals surface area contributed by atoms with E-state index in [1.165, 1.54) is 32.1 Å². The second-order valence-electron chi connectivity index (χ2n) is 4.69. The number of nitrogens with two attached hydrogens (primary N) is 1. The summed E-state index contributed by atoms with van der Waals surface area (Å²) in [5.41, 5.74) is 6.20. The largest absolute Gasteiger partial charge is 0.382 e. The molecule has 2 nitrogen and oxygen atoms in total. The Morgan fingerprint density at radius 2 is 1.86 bits per heavy atom. The molecule has 1 fully saturated rings. The van der Waals surface area contributed by atoms with Gasteiger partial charge < -0.3 is 10.5 Å². The summed E-state index contributed by atoms with van der Waals surface area (Å²) in [6.07, 6.45) is 9.48. The Kier molecular flexibility index (Phi) is 5.49. The summed E-state index contributed by atoms with van der Waals surface area (Å²) in [5.74, 6) is 0.785. The van der Waals surface area contributed by atoms with Gasteiger partial charge in [-0.2, -0.15) is 0 Å². The molecule has 1 rings (SSSR count). The molecule has 1 aliphatic carbocycles. The maximum atomic E-state index is 6.20. The third kappa shape index (κ3) is 3.97. The molecule has 2 N–H and O–H groups in total. The van der Waals surface area contributed by atoms with Crippen molar-refractivity contribution in [1.82, 2.24) is 0 Å². The van der Waals surface area contributed by atoms with Crippen LogP contribution in [0.5, 0.6) is 0 Å². The van der Waals surface area contributed by atoms with Gasteiger partial charge in [-0.05, 0) is 38.5 Å². The number of rotatable bonds is 5. The van der Waals surface area contributed by atoms with E-state index in [9.17, 15) is 0 Å². The Bertz CT molecular complexity index is 143. The topological polar surface area (TPSA) is 35.2 Å². The first-order chi connectivity index (χ1) is 6.74. The van der Waals surface area contributed by atoms with Gasteiger partial charge in [0.25, 0.3) is 0 Å². The summed E-state index contributed by atoms with van der Waals surface area (Å²) in [4.78, 5) is 0. The monoisotopic (exact) mass is 199 g/mol. The average Bonchev–Trinajstić information content (AvgIpc) is 2.26. The lowest BCUT2D eigenvalue weighted by molar-refractivity contribution is 0.104. The maximum absolute atomic E-state index is 6.20. The van der Waals surface area contributed by atoms with E-state index in [2.05, 4.69) is 6.92 Å². The first-order valence-corrected chi connectivity index (χ1v) is 6.02. The fraction of sp³-hybridized carbons (Fsp3) is 1.00. The fourth-order valence-corrected chi connectivity index (χ4v) is 2.34. The SMILES string of the molecule is COC(C)CCC(N)C1CCCCC1. The van der Waals surface area contributed by atoms with Crippen molar-refractivity contribution in [1.29, 1.82) is 0 Å². The van der Waals surface area contributed by atoms with Gasteiger partial charge in [-0.25, -0.2) is 0 Å². The lowest BCUT2D eigenvalue weighted by atomic mass is 9.82. The van der Waals surface area contributed by atoms with Gasteiger partial charge in [0.05, 0.1) is 6.10 Å². The Hall–Kier alpha value is -0.0800. The molecule has 0 aromatic carbocycles. The molecule has 0 amide bonds. The van der Waals surface area contributed by atoms with Crippen molar-refractivity contribution < 1.29 is 4.74 Å². The van der Waals surface area contributed by atoms with Crippen LogP contribution in [-0.2, 0) is 4.74 Å². The minimum absolute atomic E-state index is 0.365. The Morgan fingerprint density at radius 1 is 1.21 bits per heavy atom. The van der Waals surface area contributed by atoms with Gasteiger partial charge in [0, 0.05) is 13.2 Å². The van der Waals surface area contributed by atoms with Crippen LogP contribution < -0.4 is 5.73 Å². The fourth-order valence-electron chi connectivity index (χ4n) is 2.34. The minimum atomic E-state index is 0.365. The molecule has 0 radical (unpaired) electrons. The molecule has 1 saturated carbocycles. The number of ether oxygens (including phenoxy) is 1. The molecule has 2 unspecified atom stereocenters. The maximum Gasteiger partial charge on any atom is 0.0543 e. The van der Waals surface area contributed by atoms with Crippen LogP contribution in [0.1, 0.15) is 51.9 Å². The third-order valence-electron chi connectivity index (χ3n) is 3.56. The van der Waals surface area contributed by atoms with E-state index < -0.39 is 0 Å². The summed E-state index contributed by atoms with van der Waals surface area (Å²) in [5, 5.41) is 0. The highest BCUT2D eigenvalue weighted by Crippen LogP contribution is 2.27. The molecule has 0 heterocycles. The van der Waals surface area contributed by atoms with Crippen LogP contribution in [0.3, 0.4) is 0 Å². The number of hydrogen-bond acceptors (Lipinski definition) is 2. The first kappa shape index (κ1) is 12.0. The Balaban J connectivity index is 2.16.